The second kappa shape index (κ2) is 7.22. The number of benzene rings is 1. The van der Waals surface area contributed by atoms with Crippen LogP contribution >= 0.6 is 0 Å². The van der Waals surface area contributed by atoms with Gasteiger partial charge in [-0.1, -0.05) is 24.6 Å². The van der Waals surface area contributed by atoms with Gasteiger partial charge in [0.25, 0.3) is 0 Å². The monoisotopic (exact) mass is 289 g/mol. The maximum atomic E-state index is 12.2. The Hall–Kier alpha value is -1.88. The molecule has 4 N–H and O–H groups in total. The highest BCUT2D eigenvalue weighted by Gasteiger charge is 2.27. The summed E-state index contributed by atoms with van der Waals surface area (Å²) in [6.07, 6.45) is 3.52. The number of para-hydroxylation sites is 1. The molecule has 0 saturated heterocycles. The van der Waals surface area contributed by atoms with Gasteiger partial charge in [-0.2, -0.15) is 0 Å². The first-order valence-corrected chi connectivity index (χ1v) is 7.48. The normalized spacial score (nSPS) is 23.1. The highest BCUT2D eigenvalue weighted by atomic mass is 16.2. The summed E-state index contributed by atoms with van der Waals surface area (Å²) in [5.74, 6) is -0.351. The molecule has 5 heteroatoms. The number of nitrogens with one attached hydrogen (secondary N) is 2. The van der Waals surface area contributed by atoms with Gasteiger partial charge in [0, 0.05) is 17.6 Å². The lowest BCUT2D eigenvalue weighted by Gasteiger charge is -2.26. The molecule has 2 amide bonds. The van der Waals surface area contributed by atoms with Crippen LogP contribution in [0.15, 0.2) is 30.3 Å². The SMILES string of the molecule is CC(NC(=O)C1CCCC(N)C1)C(=O)Nc1ccccc1. The molecule has 1 aliphatic carbocycles. The summed E-state index contributed by atoms with van der Waals surface area (Å²) in [5.41, 5.74) is 6.62. The summed E-state index contributed by atoms with van der Waals surface area (Å²) in [6, 6.07) is 8.75. The van der Waals surface area contributed by atoms with Gasteiger partial charge in [0.05, 0.1) is 0 Å². The van der Waals surface area contributed by atoms with E-state index in [4.69, 9.17) is 5.73 Å². The Kier molecular flexibility index (Phi) is 5.33. The number of carbonyl (C=O) groups excluding carboxylic acids is 2. The molecule has 0 radical (unpaired) electrons. The predicted molar refractivity (Wildman–Crippen MR) is 82.6 cm³/mol. The Morgan fingerprint density at radius 3 is 2.62 bits per heavy atom. The quantitative estimate of drug-likeness (QED) is 0.788. The van der Waals surface area contributed by atoms with Crippen LogP contribution < -0.4 is 16.4 Å². The van der Waals surface area contributed by atoms with E-state index in [0.717, 1.165) is 24.9 Å². The number of rotatable bonds is 4. The lowest BCUT2D eigenvalue weighted by Crippen LogP contribution is -2.46. The van der Waals surface area contributed by atoms with Crippen molar-refractivity contribution in [3.05, 3.63) is 30.3 Å². The van der Waals surface area contributed by atoms with Gasteiger partial charge >= 0.3 is 0 Å². The Morgan fingerprint density at radius 2 is 1.95 bits per heavy atom. The molecule has 1 fully saturated rings. The van der Waals surface area contributed by atoms with Gasteiger partial charge in [0.15, 0.2) is 0 Å². The van der Waals surface area contributed by atoms with Gasteiger partial charge in [-0.15, -0.1) is 0 Å². The molecule has 0 aromatic heterocycles. The lowest BCUT2D eigenvalue weighted by molar-refractivity contribution is -0.129. The van der Waals surface area contributed by atoms with E-state index in [1.54, 1.807) is 6.92 Å². The third-order valence-corrected chi connectivity index (χ3v) is 3.88. The van der Waals surface area contributed by atoms with Crippen molar-refractivity contribution in [3.8, 4) is 0 Å². The zero-order valence-electron chi connectivity index (χ0n) is 12.3. The molecule has 114 valence electrons. The van der Waals surface area contributed by atoms with Crippen LogP contribution in [0.5, 0.6) is 0 Å². The third-order valence-electron chi connectivity index (χ3n) is 3.88. The first kappa shape index (κ1) is 15.5. The average molecular weight is 289 g/mol. The Labute approximate surface area is 125 Å². The Morgan fingerprint density at radius 1 is 1.24 bits per heavy atom. The minimum Gasteiger partial charge on any atom is -0.344 e. The highest BCUT2D eigenvalue weighted by Crippen LogP contribution is 2.23. The Bertz CT molecular complexity index is 490. The van der Waals surface area contributed by atoms with Crippen molar-refractivity contribution in [1.29, 1.82) is 0 Å². The van der Waals surface area contributed by atoms with E-state index in [0.29, 0.717) is 6.42 Å². The molecule has 1 aromatic carbocycles. The van der Waals surface area contributed by atoms with Gasteiger partial charge in [-0.05, 0) is 38.3 Å². The van der Waals surface area contributed by atoms with E-state index in [9.17, 15) is 9.59 Å². The van der Waals surface area contributed by atoms with Gasteiger partial charge in [-0.25, -0.2) is 0 Å². The average Bonchev–Trinajstić information content (AvgIpc) is 2.48. The van der Waals surface area contributed by atoms with Gasteiger partial charge < -0.3 is 16.4 Å². The minimum atomic E-state index is -0.559. The van der Waals surface area contributed by atoms with E-state index >= 15 is 0 Å². The first-order valence-electron chi connectivity index (χ1n) is 7.48. The van der Waals surface area contributed by atoms with E-state index < -0.39 is 6.04 Å². The smallest absolute Gasteiger partial charge is 0.246 e. The highest BCUT2D eigenvalue weighted by molar-refractivity contribution is 5.97. The van der Waals surface area contributed by atoms with Gasteiger partial charge in [0.1, 0.15) is 6.04 Å². The molecular formula is C16H23N3O2. The van der Waals surface area contributed by atoms with E-state index in [2.05, 4.69) is 10.6 Å². The second-order valence-electron chi connectivity index (χ2n) is 5.71. The minimum absolute atomic E-state index is 0.0686. The van der Waals surface area contributed by atoms with E-state index in [1.807, 2.05) is 30.3 Å². The first-order chi connectivity index (χ1) is 10.1. The largest absolute Gasteiger partial charge is 0.344 e. The van der Waals surface area contributed by atoms with Crippen molar-refractivity contribution in [3.63, 3.8) is 0 Å². The number of amides is 2. The van der Waals surface area contributed by atoms with Crippen molar-refractivity contribution < 1.29 is 9.59 Å². The van der Waals surface area contributed by atoms with Crippen molar-refractivity contribution in [1.82, 2.24) is 5.32 Å². The molecule has 3 unspecified atom stereocenters. The van der Waals surface area contributed by atoms with Crippen LogP contribution in [0.25, 0.3) is 0 Å². The molecule has 2 rings (SSSR count). The van der Waals surface area contributed by atoms with Gasteiger partial charge in [0.2, 0.25) is 11.8 Å². The summed E-state index contributed by atoms with van der Waals surface area (Å²) in [4.78, 5) is 24.2. The lowest BCUT2D eigenvalue weighted by atomic mass is 9.85. The molecule has 0 bridgehead atoms. The molecule has 1 saturated carbocycles. The summed E-state index contributed by atoms with van der Waals surface area (Å²) in [6.45, 7) is 1.69. The van der Waals surface area contributed by atoms with Crippen LogP contribution in [-0.4, -0.2) is 23.9 Å². The summed E-state index contributed by atoms with van der Waals surface area (Å²) in [7, 11) is 0. The zero-order chi connectivity index (χ0) is 15.2. The molecule has 0 spiro atoms. The predicted octanol–water partition coefficient (Wildman–Crippen LogP) is 1.65. The number of anilines is 1. The van der Waals surface area contributed by atoms with E-state index in [1.165, 1.54) is 0 Å². The standard InChI is InChI=1S/C16H23N3O2/c1-11(15(20)19-14-8-3-2-4-9-14)18-16(21)12-6-5-7-13(17)10-12/h2-4,8-9,11-13H,5-7,10,17H2,1H3,(H,18,21)(H,19,20). The molecule has 21 heavy (non-hydrogen) atoms. The maximum Gasteiger partial charge on any atom is 0.246 e. The fourth-order valence-electron chi connectivity index (χ4n) is 2.63. The number of hydrogen-bond acceptors (Lipinski definition) is 3. The molecule has 0 heterocycles. The van der Waals surface area contributed by atoms with Crippen molar-refractivity contribution >= 4 is 17.5 Å². The van der Waals surface area contributed by atoms with Crippen LogP contribution in [0, 0.1) is 5.92 Å². The van der Waals surface area contributed by atoms with Gasteiger partial charge in [-0.3, -0.25) is 9.59 Å². The fraction of sp³-hybridized carbons (Fsp3) is 0.500. The second-order valence-corrected chi connectivity index (χ2v) is 5.71. The number of nitrogens with two attached hydrogens (primary N) is 1. The molecule has 1 aromatic rings. The summed E-state index contributed by atoms with van der Waals surface area (Å²) < 4.78 is 0. The van der Waals surface area contributed by atoms with Crippen LogP contribution in [0.2, 0.25) is 0 Å². The summed E-state index contributed by atoms with van der Waals surface area (Å²) >= 11 is 0. The van der Waals surface area contributed by atoms with Crippen LogP contribution in [0.3, 0.4) is 0 Å². The Balaban J connectivity index is 1.84. The molecule has 0 aliphatic heterocycles. The third kappa shape index (κ3) is 4.56. The summed E-state index contributed by atoms with van der Waals surface area (Å²) in [5, 5.41) is 5.56. The van der Waals surface area contributed by atoms with Crippen molar-refractivity contribution in [2.24, 2.45) is 11.7 Å². The van der Waals surface area contributed by atoms with Crippen LogP contribution in [0.1, 0.15) is 32.6 Å². The fourth-order valence-corrected chi connectivity index (χ4v) is 2.63. The molecule has 5 nitrogen and oxygen atoms in total. The zero-order valence-corrected chi connectivity index (χ0v) is 12.3. The van der Waals surface area contributed by atoms with Crippen molar-refractivity contribution in [2.75, 3.05) is 5.32 Å². The van der Waals surface area contributed by atoms with Crippen molar-refractivity contribution in [2.45, 2.75) is 44.7 Å². The topological polar surface area (TPSA) is 84.2 Å². The molecular weight excluding hydrogens is 266 g/mol. The van der Waals surface area contributed by atoms with E-state index in [-0.39, 0.29) is 23.8 Å². The van der Waals surface area contributed by atoms with Crippen LogP contribution in [0.4, 0.5) is 5.69 Å². The molecule has 3 atom stereocenters. The number of carbonyl (C=O) groups is 2. The number of hydrogen-bond donors (Lipinski definition) is 3. The maximum absolute atomic E-state index is 12.2. The van der Waals surface area contributed by atoms with Crippen LogP contribution in [-0.2, 0) is 9.59 Å². The molecule has 1 aliphatic rings.